The molecule has 1 atom stereocenters. The molecule has 1 aromatic heterocycles. The molecule has 94 valence electrons. The van der Waals surface area contributed by atoms with Crippen molar-refractivity contribution in [1.82, 2.24) is 4.57 Å². The molecule has 0 bridgehead atoms. The van der Waals surface area contributed by atoms with E-state index in [0.717, 1.165) is 12.3 Å². The summed E-state index contributed by atoms with van der Waals surface area (Å²) in [6.45, 7) is 5.91. The highest BCUT2D eigenvalue weighted by Crippen LogP contribution is 2.40. The molecule has 0 radical (unpaired) electrons. The zero-order valence-electron chi connectivity index (χ0n) is 11.1. The van der Waals surface area contributed by atoms with Gasteiger partial charge in [-0.25, -0.2) is 0 Å². The third-order valence-corrected chi connectivity index (χ3v) is 4.61. The van der Waals surface area contributed by atoms with Gasteiger partial charge in [-0.05, 0) is 48.6 Å². The van der Waals surface area contributed by atoms with Crippen molar-refractivity contribution in [3.8, 4) is 0 Å². The van der Waals surface area contributed by atoms with Crippen LogP contribution in [0.1, 0.15) is 56.8 Å². The molecular weight excluding hydrogens is 208 g/mol. The first-order valence-corrected chi connectivity index (χ1v) is 6.99. The fraction of sp³-hybridized carbons (Fsp3) is 0.733. The van der Waals surface area contributed by atoms with Crippen LogP contribution in [0.3, 0.4) is 0 Å². The molecule has 0 aliphatic heterocycles. The van der Waals surface area contributed by atoms with E-state index in [-0.39, 0.29) is 6.04 Å². The number of nitrogens with zero attached hydrogens (tertiary/aromatic N) is 1. The Morgan fingerprint density at radius 2 is 2.18 bits per heavy atom. The van der Waals surface area contributed by atoms with Crippen LogP contribution in [-0.4, -0.2) is 4.57 Å². The molecule has 3 rings (SSSR count). The van der Waals surface area contributed by atoms with Gasteiger partial charge in [0.25, 0.3) is 0 Å². The van der Waals surface area contributed by atoms with Crippen molar-refractivity contribution < 1.29 is 0 Å². The highest BCUT2D eigenvalue weighted by atomic mass is 15.0. The van der Waals surface area contributed by atoms with Gasteiger partial charge in [-0.15, -0.1) is 0 Å². The van der Waals surface area contributed by atoms with Crippen LogP contribution in [0.25, 0.3) is 0 Å². The van der Waals surface area contributed by atoms with Crippen LogP contribution in [0.4, 0.5) is 0 Å². The summed E-state index contributed by atoms with van der Waals surface area (Å²) < 4.78 is 2.49. The third kappa shape index (κ3) is 2.03. The summed E-state index contributed by atoms with van der Waals surface area (Å²) in [6.07, 6.45) is 8.84. The smallest absolute Gasteiger partial charge is 0.0318 e. The first kappa shape index (κ1) is 11.3. The molecule has 0 saturated heterocycles. The second-order valence-electron chi connectivity index (χ2n) is 6.82. The van der Waals surface area contributed by atoms with Crippen molar-refractivity contribution in [2.24, 2.45) is 17.1 Å². The van der Waals surface area contributed by atoms with Gasteiger partial charge in [0.2, 0.25) is 0 Å². The highest BCUT2D eigenvalue weighted by Gasteiger charge is 2.32. The average Bonchev–Trinajstić information content (AvgIpc) is 2.53. The maximum Gasteiger partial charge on any atom is 0.0318 e. The van der Waals surface area contributed by atoms with Crippen molar-refractivity contribution in [2.45, 2.75) is 58.5 Å². The summed E-state index contributed by atoms with van der Waals surface area (Å²) in [6, 6.07) is 2.50. The Morgan fingerprint density at radius 3 is 2.82 bits per heavy atom. The number of nitrogens with two attached hydrogens (primary N) is 1. The zero-order valence-corrected chi connectivity index (χ0v) is 11.1. The topological polar surface area (TPSA) is 30.9 Å². The molecular formula is C15H24N2. The Hall–Kier alpha value is -0.760. The van der Waals surface area contributed by atoms with Crippen molar-refractivity contribution in [2.75, 3.05) is 0 Å². The van der Waals surface area contributed by atoms with E-state index in [9.17, 15) is 0 Å². The van der Waals surface area contributed by atoms with Gasteiger partial charge in [-0.1, -0.05) is 20.3 Å². The summed E-state index contributed by atoms with van der Waals surface area (Å²) >= 11 is 0. The van der Waals surface area contributed by atoms with Crippen molar-refractivity contribution >= 4 is 0 Å². The summed E-state index contributed by atoms with van der Waals surface area (Å²) in [5.74, 6) is 0.924. The van der Waals surface area contributed by atoms with Crippen LogP contribution < -0.4 is 5.73 Å². The van der Waals surface area contributed by atoms with Gasteiger partial charge < -0.3 is 10.3 Å². The Morgan fingerprint density at radius 1 is 1.41 bits per heavy atom. The highest BCUT2D eigenvalue weighted by molar-refractivity contribution is 5.30. The number of fused-ring (bicyclic) bond motifs is 1. The van der Waals surface area contributed by atoms with Gasteiger partial charge in [0, 0.05) is 24.5 Å². The fourth-order valence-electron chi connectivity index (χ4n) is 3.42. The summed E-state index contributed by atoms with van der Waals surface area (Å²) in [7, 11) is 0. The van der Waals surface area contributed by atoms with E-state index in [2.05, 4.69) is 30.7 Å². The van der Waals surface area contributed by atoms with Crippen LogP contribution in [0.15, 0.2) is 12.3 Å². The minimum Gasteiger partial charge on any atom is -0.351 e. The number of rotatable bonds is 2. The van der Waals surface area contributed by atoms with Crippen LogP contribution >= 0.6 is 0 Å². The fourth-order valence-corrected chi connectivity index (χ4v) is 3.42. The van der Waals surface area contributed by atoms with E-state index < -0.39 is 0 Å². The van der Waals surface area contributed by atoms with E-state index in [1.165, 1.54) is 43.5 Å². The summed E-state index contributed by atoms with van der Waals surface area (Å²) in [4.78, 5) is 0. The molecule has 0 amide bonds. The first-order valence-electron chi connectivity index (χ1n) is 6.99. The predicted molar refractivity (Wildman–Crippen MR) is 70.8 cm³/mol. The molecule has 2 aliphatic carbocycles. The summed E-state index contributed by atoms with van der Waals surface area (Å²) in [5.41, 5.74) is 9.58. The second-order valence-corrected chi connectivity index (χ2v) is 6.82. The van der Waals surface area contributed by atoms with Gasteiger partial charge in [0.05, 0.1) is 0 Å². The van der Waals surface area contributed by atoms with Crippen molar-refractivity contribution in [1.29, 1.82) is 0 Å². The van der Waals surface area contributed by atoms with E-state index in [1.807, 2.05) is 0 Å². The molecule has 2 N–H and O–H groups in total. The van der Waals surface area contributed by atoms with Crippen LogP contribution in [0.2, 0.25) is 0 Å². The van der Waals surface area contributed by atoms with E-state index in [1.54, 1.807) is 0 Å². The molecule has 1 unspecified atom stereocenters. The second kappa shape index (κ2) is 3.88. The van der Waals surface area contributed by atoms with Gasteiger partial charge in [-0.3, -0.25) is 0 Å². The minimum absolute atomic E-state index is 0.247. The third-order valence-electron chi connectivity index (χ3n) is 4.61. The lowest BCUT2D eigenvalue weighted by molar-refractivity contribution is 0.251. The molecule has 1 heterocycles. The standard InChI is InChI=1S/C15H24N2/c1-15(2)8-13(16)12-6-7-17(14(12)9-15)10-11-4-3-5-11/h6-7,11,13H,3-5,8-10,16H2,1-2H3. The molecule has 0 spiro atoms. The Balaban J connectivity index is 1.87. The monoisotopic (exact) mass is 232 g/mol. The summed E-state index contributed by atoms with van der Waals surface area (Å²) in [5, 5.41) is 0. The van der Waals surface area contributed by atoms with Crippen LogP contribution in [-0.2, 0) is 13.0 Å². The van der Waals surface area contributed by atoms with Gasteiger partial charge >= 0.3 is 0 Å². The molecule has 1 aromatic rings. The lowest BCUT2D eigenvalue weighted by atomic mass is 9.74. The molecule has 1 saturated carbocycles. The van der Waals surface area contributed by atoms with E-state index in [0.29, 0.717) is 5.41 Å². The molecule has 2 heteroatoms. The van der Waals surface area contributed by atoms with Crippen molar-refractivity contribution in [3.05, 3.63) is 23.5 Å². The molecule has 2 nitrogen and oxygen atoms in total. The lowest BCUT2D eigenvalue weighted by Gasteiger charge is -2.35. The Bertz CT molecular complexity index is 413. The maximum atomic E-state index is 6.30. The molecule has 0 aromatic carbocycles. The van der Waals surface area contributed by atoms with Crippen LogP contribution in [0.5, 0.6) is 0 Å². The molecule has 1 fully saturated rings. The molecule has 17 heavy (non-hydrogen) atoms. The van der Waals surface area contributed by atoms with Gasteiger partial charge in [0.15, 0.2) is 0 Å². The van der Waals surface area contributed by atoms with E-state index in [4.69, 9.17) is 5.73 Å². The molecule has 2 aliphatic rings. The Labute approximate surface area is 104 Å². The van der Waals surface area contributed by atoms with E-state index >= 15 is 0 Å². The van der Waals surface area contributed by atoms with Gasteiger partial charge in [-0.2, -0.15) is 0 Å². The predicted octanol–water partition coefficient (Wildman–Crippen LogP) is 3.26. The van der Waals surface area contributed by atoms with Gasteiger partial charge in [0.1, 0.15) is 0 Å². The quantitative estimate of drug-likeness (QED) is 0.833. The minimum atomic E-state index is 0.247. The van der Waals surface area contributed by atoms with Crippen molar-refractivity contribution in [3.63, 3.8) is 0 Å². The zero-order chi connectivity index (χ0) is 12.0. The number of hydrogen-bond acceptors (Lipinski definition) is 1. The number of aromatic nitrogens is 1. The SMILES string of the molecule is CC1(C)Cc2c(ccn2CC2CCC2)C(N)C1. The average molecular weight is 232 g/mol. The first-order chi connectivity index (χ1) is 8.05. The Kier molecular flexibility index (Phi) is 2.58. The normalized spacial score (nSPS) is 27.6. The largest absolute Gasteiger partial charge is 0.351 e. The van der Waals surface area contributed by atoms with Crippen LogP contribution in [0, 0.1) is 11.3 Å². The lowest BCUT2D eigenvalue weighted by Crippen LogP contribution is -2.31. The number of hydrogen-bond donors (Lipinski definition) is 1. The maximum absolute atomic E-state index is 6.30.